The first-order valence-corrected chi connectivity index (χ1v) is 8.09. The monoisotopic (exact) mass is 381 g/mol. The first-order valence-electron chi connectivity index (χ1n) is 8.09. The van der Waals surface area contributed by atoms with Crippen LogP contribution in [0.3, 0.4) is 0 Å². The molecule has 1 heterocycles. The molecule has 8 N–H and O–H groups in total. The zero-order valence-corrected chi connectivity index (χ0v) is 14.5. The Morgan fingerprint density at radius 2 is 1.85 bits per heavy atom. The van der Waals surface area contributed by atoms with E-state index in [2.05, 4.69) is 5.32 Å². The zero-order valence-electron chi connectivity index (χ0n) is 14.5. The Hall–Kier alpha value is -1.31. The lowest BCUT2D eigenvalue weighted by Crippen LogP contribution is -2.59. The van der Waals surface area contributed by atoms with Crippen LogP contribution in [-0.4, -0.2) is 97.8 Å². The van der Waals surface area contributed by atoms with Crippen molar-refractivity contribution < 1.29 is 50.0 Å². The highest BCUT2D eigenvalue weighted by atomic mass is 16.6. The molecule has 0 radical (unpaired) electrons. The Balaban J connectivity index is 3.00. The molecule has 7 atom stereocenters. The van der Waals surface area contributed by atoms with E-state index in [1.807, 2.05) is 0 Å². The number of aliphatic hydroxyl groups is 7. The quantitative estimate of drug-likeness (QED) is 0.157. The van der Waals surface area contributed by atoms with E-state index >= 15 is 0 Å². The summed E-state index contributed by atoms with van der Waals surface area (Å²) in [6.07, 6.45) is -10.0. The summed E-state index contributed by atoms with van der Waals surface area (Å²) in [6.45, 7) is 1.56. The van der Waals surface area contributed by atoms with Crippen molar-refractivity contribution in [2.75, 3.05) is 13.2 Å². The molecule has 1 saturated heterocycles. The van der Waals surface area contributed by atoms with Crippen LogP contribution in [0.4, 0.5) is 0 Å². The van der Waals surface area contributed by atoms with Gasteiger partial charge in [-0.1, -0.05) is 0 Å². The minimum absolute atomic E-state index is 0.260. The fourth-order valence-electron chi connectivity index (χ4n) is 2.57. The Labute approximate surface area is 150 Å². The van der Waals surface area contributed by atoms with Crippen molar-refractivity contribution in [3.05, 3.63) is 11.5 Å². The molecule has 11 nitrogen and oxygen atoms in total. The first-order chi connectivity index (χ1) is 12.1. The maximum atomic E-state index is 11.3. The number of amides is 1. The summed E-state index contributed by atoms with van der Waals surface area (Å²) in [7, 11) is 0. The molecular weight excluding hydrogens is 354 g/mol. The van der Waals surface area contributed by atoms with Gasteiger partial charge in [0.15, 0.2) is 6.29 Å². The van der Waals surface area contributed by atoms with E-state index in [1.165, 1.54) is 6.92 Å². The van der Waals surface area contributed by atoms with Crippen molar-refractivity contribution >= 4 is 5.91 Å². The second kappa shape index (κ2) is 10.1. The predicted molar refractivity (Wildman–Crippen MR) is 85.5 cm³/mol. The van der Waals surface area contributed by atoms with Crippen LogP contribution in [0.25, 0.3) is 0 Å². The molecule has 0 aliphatic carbocycles. The largest absolute Gasteiger partial charge is 0.508 e. The van der Waals surface area contributed by atoms with Crippen LogP contribution in [0.1, 0.15) is 20.3 Å². The van der Waals surface area contributed by atoms with E-state index in [-0.39, 0.29) is 6.42 Å². The topological polar surface area (TPSA) is 189 Å². The third-order valence-electron chi connectivity index (χ3n) is 3.94. The lowest BCUT2D eigenvalue weighted by atomic mass is 9.95. The third-order valence-corrected chi connectivity index (χ3v) is 3.94. The Kier molecular flexibility index (Phi) is 8.86. The lowest BCUT2D eigenvalue weighted by Gasteiger charge is -2.41. The number of ether oxygens (including phenoxy) is 2. The Bertz CT molecular complexity index is 499. The van der Waals surface area contributed by atoms with Crippen molar-refractivity contribution in [3.63, 3.8) is 0 Å². The summed E-state index contributed by atoms with van der Waals surface area (Å²) < 4.78 is 10.5. The zero-order chi connectivity index (χ0) is 20.0. The minimum atomic E-state index is -1.99. The summed E-state index contributed by atoms with van der Waals surface area (Å²) in [5, 5.41) is 70.0. The lowest BCUT2D eigenvalue weighted by molar-refractivity contribution is -0.264. The van der Waals surface area contributed by atoms with E-state index in [0.717, 1.165) is 6.92 Å². The second-order valence-corrected chi connectivity index (χ2v) is 6.00. The van der Waals surface area contributed by atoms with Crippen molar-refractivity contribution in [1.29, 1.82) is 0 Å². The van der Waals surface area contributed by atoms with Gasteiger partial charge in [0.25, 0.3) is 0 Å². The smallest absolute Gasteiger partial charge is 0.221 e. The predicted octanol–water partition coefficient (Wildman–Crippen LogP) is -3.16. The average molecular weight is 381 g/mol. The van der Waals surface area contributed by atoms with Gasteiger partial charge in [0, 0.05) is 20.0 Å². The molecule has 0 spiro atoms. The molecule has 0 bridgehead atoms. The number of hydrogen-bond donors (Lipinski definition) is 8. The van der Waals surface area contributed by atoms with Gasteiger partial charge in [0.05, 0.1) is 12.7 Å². The SMILES string of the molecule is CC(=O)N/C(=C(\O)[C@H](O)CCO)[C@@H](O)OC1C(O)[C@H](O)C(CO)O[C@@H]1C. The fraction of sp³-hybridized carbons (Fsp3) is 0.800. The molecule has 1 fully saturated rings. The van der Waals surface area contributed by atoms with Gasteiger partial charge < -0.3 is 50.5 Å². The summed E-state index contributed by atoms with van der Waals surface area (Å²) in [4.78, 5) is 11.3. The highest BCUT2D eigenvalue weighted by Crippen LogP contribution is 2.25. The Morgan fingerprint density at radius 1 is 1.23 bits per heavy atom. The summed E-state index contributed by atoms with van der Waals surface area (Å²) in [5.41, 5.74) is -0.573. The fourth-order valence-corrected chi connectivity index (χ4v) is 2.57. The van der Waals surface area contributed by atoms with E-state index < -0.39 is 73.5 Å². The summed E-state index contributed by atoms with van der Waals surface area (Å²) in [6, 6.07) is 0. The third kappa shape index (κ3) is 5.59. The van der Waals surface area contributed by atoms with Gasteiger partial charge in [-0.25, -0.2) is 0 Å². The molecule has 0 aromatic carbocycles. The van der Waals surface area contributed by atoms with Crippen molar-refractivity contribution in [3.8, 4) is 0 Å². The van der Waals surface area contributed by atoms with Gasteiger partial charge in [-0.15, -0.1) is 0 Å². The van der Waals surface area contributed by atoms with Gasteiger partial charge in [0.1, 0.15) is 42.0 Å². The van der Waals surface area contributed by atoms with Crippen LogP contribution in [0, 0.1) is 0 Å². The van der Waals surface area contributed by atoms with Gasteiger partial charge in [0.2, 0.25) is 5.91 Å². The van der Waals surface area contributed by atoms with Crippen LogP contribution >= 0.6 is 0 Å². The normalized spacial score (nSPS) is 32.5. The molecule has 1 aliphatic rings. The van der Waals surface area contributed by atoms with Crippen molar-refractivity contribution in [1.82, 2.24) is 5.32 Å². The van der Waals surface area contributed by atoms with E-state index in [0.29, 0.717) is 0 Å². The van der Waals surface area contributed by atoms with Crippen LogP contribution in [0.5, 0.6) is 0 Å². The van der Waals surface area contributed by atoms with Gasteiger partial charge in [-0.05, 0) is 6.92 Å². The molecule has 1 rings (SSSR count). The van der Waals surface area contributed by atoms with Crippen LogP contribution in [-0.2, 0) is 14.3 Å². The standard InChI is InChI=1S/C15H27NO10/c1-6-14(13(23)12(22)9(5-18)25-6)26-15(24)10(16-7(2)19)11(21)8(20)3-4-17/h6,8-9,12-15,17-18,20-24H,3-5H2,1-2H3,(H,16,19)/b11-10-/t6-,8-,9?,12-,13?,14?,15+/m1/s1. The van der Waals surface area contributed by atoms with Crippen molar-refractivity contribution in [2.45, 2.75) is 63.2 Å². The summed E-state index contributed by atoms with van der Waals surface area (Å²) >= 11 is 0. The van der Waals surface area contributed by atoms with Gasteiger partial charge >= 0.3 is 0 Å². The molecular formula is C15H27NO10. The highest BCUT2D eigenvalue weighted by Gasteiger charge is 2.44. The molecule has 26 heavy (non-hydrogen) atoms. The first kappa shape index (κ1) is 22.7. The molecule has 11 heteroatoms. The molecule has 0 aromatic rings. The number of carbonyl (C=O) groups is 1. The van der Waals surface area contributed by atoms with Gasteiger partial charge in [-0.3, -0.25) is 4.79 Å². The molecule has 1 amide bonds. The second-order valence-electron chi connectivity index (χ2n) is 6.00. The number of carbonyl (C=O) groups excluding carboxylic acids is 1. The molecule has 0 saturated carbocycles. The van der Waals surface area contributed by atoms with Crippen LogP contribution < -0.4 is 5.32 Å². The number of nitrogens with one attached hydrogen (secondary N) is 1. The van der Waals surface area contributed by atoms with Crippen LogP contribution in [0.2, 0.25) is 0 Å². The highest BCUT2D eigenvalue weighted by molar-refractivity contribution is 5.75. The van der Waals surface area contributed by atoms with E-state index in [9.17, 15) is 30.3 Å². The molecule has 3 unspecified atom stereocenters. The van der Waals surface area contributed by atoms with Crippen molar-refractivity contribution in [2.24, 2.45) is 0 Å². The van der Waals surface area contributed by atoms with Crippen LogP contribution in [0.15, 0.2) is 11.5 Å². The minimum Gasteiger partial charge on any atom is -0.508 e. The molecule has 1 aliphatic heterocycles. The maximum absolute atomic E-state index is 11.3. The van der Waals surface area contributed by atoms with E-state index in [4.69, 9.17) is 19.7 Å². The Morgan fingerprint density at radius 3 is 2.35 bits per heavy atom. The maximum Gasteiger partial charge on any atom is 0.221 e. The number of hydrogen-bond acceptors (Lipinski definition) is 10. The summed E-state index contributed by atoms with van der Waals surface area (Å²) in [5.74, 6) is -1.51. The average Bonchev–Trinajstić information content (AvgIpc) is 2.58. The van der Waals surface area contributed by atoms with E-state index in [1.54, 1.807) is 0 Å². The number of rotatable bonds is 8. The molecule has 0 aromatic heterocycles. The van der Waals surface area contributed by atoms with Gasteiger partial charge in [-0.2, -0.15) is 0 Å². The number of aliphatic hydroxyl groups excluding tert-OH is 7. The molecule has 152 valence electrons.